The Bertz CT molecular complexity index is 779. The number of hydrogen-bond acceptors (Lipinski definition) is 4. The monoisotopic (exact) mass is 359 g/mol. The summed E-state index contributed by atoms with van der Waals surface area (Å²) in [5, 5.41) is 2.73. The van der Waals surface area contributed by atoms with Gasteiger partial charge >= 0.3 is 6.03 Å². The number of barbiturate groups is 1. The number of para-hydroxylation sites is 1. The van der Waals surface area contributed by atoms with E-state index in [1.165, 1.54) is 17.5 Å². The van der Waals surface area contributed by atoms with Crippen LogP contribution in [0.5, 0.6) is 0 Å². The van der Waals surface area contributed by atoms with E-state index in [2.05, 4.69) is 10.3 Å². The smallest absolute Gasteiger partial charge is 0.277 e. The summed E-state index contributed by atoms with van der Waals surface area (Å²) in [5.74, 6) is -1.28. The van der Waals surface area contributed by atoms with Gasteiger partial charge in [-0.05, 0) is 43.2 Å². The lowest BCUT2D eigenvalue weighted by Crippen LogP contribution is -2.62. The van der Waals surface area contributed by atoms with Crippen LogP contribution in [-0.2, 0) is 9.59 Å². The molecule has 6 nitrogen and oxygen atoms in total. The van der Waals surface area contributed by atoms with Crippen molar-refractivity contribution in [3.05, 3.63) is 29.3 Å². The maximum absolute atomic E-state index is 12.8. The number of carbonyl (C=O) groups is 3. The predicted molar refractivity (Wildman–Crippen MR) is 92.7 cm³/mol. The molecule has 3 fully saturated rings. The van der Waals surface area contributed by atoms with Crippen molar-refractivity contribution < 1.29 is 14.4 Å². The summed E-state index contributed by atoms with van der Waals surface area (Å²) in [4.78, 5) is 42.7. The number of imide groups is 2. The van der Waals surface area contributed by atoms with E-state index in [0.717, 1.165) is 19.3 Å². The first-order valence-corrected chi connectivity index (χ1v) is 8.89. The fourth-order valence-electron chi connectivity index (χ4n) is 4.29. The lowest BCUT2D eigenvalue weighted by molar-refractivity contribution is -0.141. The number of hydrogen-bond donors (Lipinski definition) is 1. The molecule has 1 heterocycles. The van der Waals surface area contributed by atoms with Crippen molar-refractivity contribution in [3.8, 4) is 0 Å². The van der Waals surface area contributed by atoms with Crippen LogP contribution in [0.25, 0.3) is 0 Å². The highest BCUT2D eigenvalue weighted by Gasteiger charge is 2.50. The zero-order valence-corrected chi connectivity index (χ0v) is 14.3. The first kappa shape index (κ1) is 16.3. The molecule has 1 aromatic rings. The molecule has 0 unspecified atom stereocenters. The maximum Gasteiger partial charge on any atom is 0.331 e. The molecule has 0 radical (unpaired) electrons. The van der Waals surface area contributed by atoms with Crippen molar-refractivity contribution in [1.29, 1.82) is 0 Å². The van der Waals surface area contributed by atoms with E-state index < -0.39 is 23.8 Å². The Balaban J connectivity index is 1.57. The van der Waals surface area contributed by atoms with Crippen LogP contribution in [0.2, 0.25) is 5.02 Å². The molecule has 130 valence electrons. The number of halogens is 1. The third-order valence-electron chi connectivity index (χ3n) is 5.48. The fraction of sp³-hybridized carbons (Fsp3) is 0.444. The molecule has 2 aliphatic carbocycles. The average molecular weight is 360 g/mol. The van der Waals surface area contributed by atoms with Crippen LogP contribution in [-0.4, -0.2) is 35.0 Å². The highest BCUT2D eigenvalue weighted by molar-refractivity contribution is 6.33. The Morgan fingerprint density at radius 3 is 2.64 bits per heavy atom. The number of amides is 4. The van der Waals surface area contributed by atoms with E-state index in [1.807, 2.05) is 0 Å². The van der Waals surface area contributed by atoms with Gasteiger partial charge in [-0.1, -0.05) is 30.2 Å². The van der Waals surface area contributed by atoms with Crippen LogP contribution >= 0.6 is 11.6 Å². The number of nitrogens with one attached hydrogen (secondary N) is 1. The summed E-state index contributed by atoms with van der Waals surface area (Å²) >= 11 is 6.05. The Kier molecular flexibility index (Phi) is 4.07. The number of carbonyl (C=O) groups excluding carboxylic acids is 3. The summed E-state index contributed by atoms with van der Waals surface area (Å²) in [5.41, 5.74) is 0.480. The topological polar surface area (TPSA) is 78.8 Å². The second-order valence-electron chi connectivity index (χ2n) is 6.95. The summed E-state index contributed by atoms with van der Waals surface area (Å²) in [7, 11) is 0. The van der Waals surface area contributed by atoms with Crippen LogP contribution in [0.3, 0.4) is 0 Å². The van der Waals surface area contributed by atoms with Gasteiger partial charge in [-0.15, -0.1) is 0 Å². The second kappa shape index (κ2) is 6.26. The van der Waals surface area contributed by atoms with Crippen molar-refractivity contribution >= 4 is 41.3 Å². The quantitative estimate of drug-likeness (QED) is 0.665. The average Bonchev–Trinajstić information content (AvgIpc) is 3.19. The SMILES string of the molecule is O=C1NC(=O)N([C@@H]2C[C@H]3CC[C@H]2C3)C(=O)[C@H]1C=Nc1ccccc1Cl. The molecule has 0 spiro atoms. The fourth-order valence-corrected chi connectivity index (χ4v) is 4.47. The van der Waals surface area contributed by atoms with Crippen LogP contribution in [0.4, 0.5) is 10.5 Å². The van der Waals surface area contributed by atoms with E-state index in [1.54, 1.807) is 24.3 Å². The molecule has 4 atom stereocenters. The van der Waals surface area contributed by atoms with Gasteiger partial charge in [0.05, 0.1) is 10.7 Å². The Hall–Kier alpha value is -2.21. The summed E-state index contributed by atoms with van der Waals surface area (Å²) in [6, 6.07) is 6.22. The molecule has 1 saturated heterocycles. The Morgan fingerprint density at radius 2 is 1.96 bits per heavy atom. The van der Waals surface area contributed by atoms with Gasteiger partial charge in [-0.2, -0.15) is 0 Å². The third kappa shape index (κ3) is 2.84. The van der Waals surface area contributed by atoms with E-state index in [9.17, 15) is 14.4 Å². The minimum atomic E-state index is -1.10. The Morgan fingerprint density at radius 1 is 1.16 bits per heavy atom. The highest BCUT2D eigenvalue weighted by Crippen LogP contribution is 2.47. The van der Waals surface area contributed by atoms with E-state index >= 15 is 0 Å². The third-order valence-corrected chi connectivity index (χ3v) is 5.80. The van der Waals surface area contributed by atoms with E-state index in [0.29, 0.717) is 22.5 Å². The minimum absolute atomic E-state index is 0.101. The largest absolute Gasteiger partial charge is 0.331 e. The first-order chi connectivity index (χ1) is 12.0. The normalized spacial score (nSPS) is 31.9. The van der Waals surface area contributed by atoms with Crippen molar-refractivity contribution in [2.45, 2.75) is 31.7 Å². The lowest BCUT2D eigenvalue weighted by Gasteiger charge is -2.36. The van der Waals surface area contributed by atoms with Gasteiger partial charge < -0.3 is 0 Å². The molecule has 4 amide bonds. The zero-order valence-electron chi connectivity index (χ0n) is 13.5. The number of aliphatic imine (C=N–C) groups is 1. The van der Waals surface area contributed by atoms with Gasteiger partial charge in [0.25, 0.3) is 0 Å². The molecule has 4 rings (SSSR count). The summed E-state index contributed by atoms with van der Waals surface area (Å²) < 4.78 is 0. The van der Waals surface area contributed by atoms with Crippen LogP contribution in [0.1, 0.15) is 25.7 Å². The van der Waals surface area contributed by atoms with Gasteiger partial charge in [0, 0.05) is 12.3 Å². The number of benzene rings is 1. The second-order valence-corrected chi connectivity index (χ2v) is 7.36. The molecule has 2 bridgehead atoms. The van der Waals surface area contributed by atoms with Crippen molar-refractivity contribution in [1.82, 2.24) is 10.2 Å². The molecule has 3 aliphatic rings. The van der Waals surface area contributed by atoms with Gasteiger partial charge in [0.1, 0.15) is 0 Å². The van der Waals surface area contributed by atoms with Gasteiger partial charge in [-0.25, -0.2) is 4.79 Å². The zero-order chi connectivity index (χ0) is 17.6. The lowest BCUT2D eigenvalue weighted by atomic mass is 9.92. The van der Waals surface area contributed by atoms with E-state index in [4.69, 9.17) is 11.6 Å². The van der Waals surface area contributed by atoms with Gasteiger partial charge in [0.2, 0.25) is 11.8 Å². The summed E-state index contributed by atoms with van der Waals surface area (Å²) in [6.45, 7) is 0. The van der Waals surface area contributed by atoms with Crippen molar-refractivity contribution in [2.75, 3.05) is 0 Å². The Labute approximate surface area is 150 Å². The molecule has 2 saturated carbocycles. The molecule has 0 aromatic heterocycles. The standard InChI is InChI=1S/C18H18ClN3O3/c19-13-3-1-2-4-14(13)20-9-12-16(23)21-18(25)22(17(12)24)15-8-10-5-6-11(15)7-10/h1-4,9-12,15H,5-8H2,(H,21,23,25)/t10-,11-,12-,15+/m0/s1. The van der Waals surface area contributed by atoms with Crippen LogP contribution < -0.4 is 5.32 Å². The summed E-state index contributed by atoms with van der Waals surface area (Å²) in [6.07, 6.45) is 5.39. The number of nitrogens with zero attached hydrogens (tertiary/aromatic N) is 2. The predicted octanol–water partition coefficient (Wildman–Crippen LogP) is 2.93. The van der Waals surface area contributed by atoms with E-state index in [-0.39, 0.29) is 6.04 Å². The van der Waals surface area contributed by atoms with Gasteiger partial charge in [-0.3, -0.25) is 24.8 Å². The van der Waals surface area contributed by atoms with Gasteiger partial charge in [0.15, 0.2) is 5.92 Å². The maximum atomic E-state index is 12.8. The van der Waals surface area contributed by atoms with Crippen molar-refractivity contribution in [3.63, 3.8) is 0 Å². The molecule has 1 aliphatic heterocycles. The van der Waals surface area contributed by atoms with Crippen molar-refractivity contribution in [2.24, 2.45) is 22.7 Å². The van der Waals surface area contributed by atoms with Crippen LogP contribution in [0.15, 0.2) is 29.3 Å². The molecule has 7 heteroatoms. The highest BCUT2D eigenvalue weighted by atomic mass is 35.5. The number of urea groups is 1. The molecule has 1 N–H and O–H groups in total. The van der Waals surface area contributed by atoms with Crippen LogP contribution in [0, 0.1) is 17.8 Å². The minimum Gasteiger partial charge on any atom is -0.277 e. The molecular weight excluding hydrogens is 342 g/mol. The number of rotatable bonds is 3. The molecule has 1 aromatic carbocycles. The molecular formula is C18H18ClN3O3. The number of fused-ring (bicyclic) bond motifs is 2. The molecule has 25 heavy (non-hydrogen) atoms. The first-order valence-electron chi connectivity index (χ1n) is 8.51.